The molecule has 1 N–H and O–H groups in total. The van der Waals surface area contributed by atoms with E-state index in [1.54, 1.807) is 25.3 Å². The van der Waals surface area contributed by atoms with Crippen LogP contribution in [0.2, 0.25) is 5.02 Å². The number of rotatable bonds is 5. The lowest BCUT2D eigenvalue weighted by molar-refractivity contribution is 0.0951. The van der Waals surface area contributed by atoms with E-state index in [1.165, 1.54) is 19.2 Å². The van der Waals surface area contributed by atoms with Gasteiger partial charge in [0.15, 0.2) is 0 Å². The van der Waals surface area contributed by atoms with Gasteiger partial charge in [0.2, 0.25) is 0 Å². The van der Waals surface area contributed by atoms with Crippen LogP contribution < -0.4 is 14.8 Å². The molecular formula is C16H15ClFNO3. The van der Waals surface area contributed by atoms with Crippen molar-refractivity contribution in [1.29, 1.82) is 0 Å². The summed E-state index contributed by atoms with van der Waals surface area (Å²) in [6, 6.07) is 8.93. The highest BCUT2D eigenvalue weighted by Gasteiger charge is 2.12. The molecule has 0 aliphatic rings. The zero-order chi connectivity index (χ0) is 16.1. The number of methoxy groups -OCH3 is 2. The standard InChI is InChI=1S/C16H15ClFNO3/c1-21-12-5-3-10(15(8-12)22-2)9-19-16(20)13-6-4-11(18)7-14(13)17/h3-8H,9H2,1-2H3,(H,19,20). The van der Waals surface area contributed by atoms with Crippen LogP contribution in [0.25, 0.3) is 0 Å². The number of carbonyl (C=O) groups excluding carboxylic acids is 1. The third-order valence-electron chi connectivity index (χ3n) is 3.11. The number of hydrogen-bond donors (Lipinski definition) is 1. The van der Waals surface area contributed by atoms with Gasteiger partial charge in [0.25, 0.3) is 5.91 Å². The topological polar surface area (TPSA) is 47.6 Å². The van der Waals surface area contributed by atoms with Gasteiger partial charge in [0, 0.05) is 18.2 Å². The lowest BCUT2D eigenvalue weighted by Gasteiger charge is -2.12. The third kappa shape index (κ3) is 3.68. The van der Waals surface area contributed by atoms with E-state index in [2.05, 4.69) is 5.32 Å². The summed E-state index contributed by atoms with van der Waals surface area (Å²) in [6.07, 6.45) is 0. The quantitative estimate of drug-likeness (QED) is 0.917. The maximum Gasteiger partial charge on any atom is 0.253 e. The highest BCUT2D eigenvalue weighted by Crippen LogP contribution is 2.24. The normalized spacial score (nSPS) is 10.2. The molecule has 0 saturated heterocycles. The van der Waals surface area contributed by atoms with Crippen LogP contribution in [0.4, 0.5) is 4.39 Å². The largest absolute Gasteiger partial charge is 0.497 e. The number of nitrogens with one attached hydrogen (secondary N) is 1. The summed E-state index contributed by atoms with van der Waals surface area (Å²) in [4.78, 5) is 12.1. The van der Waals surface area contributed by atoms with Gasteiger partial charge in [-0.25, -0.2) is 4.39 Å². The summed E-state index contributed by atoms with van der Waals surface area (Å²) in [6.45, 7) is 0.250. The van der Waals surface area contributed by atoms with Gasteiger partial charge in [0.05, 0.1) is 24.8 Å². The molecule has 6 heteroatoms. The number of hydrogen-bond acceptors (Lipinski definition) is 3. The molecule has 1 amide bonds. The van der Waals surface area contributed by atoms with E-state index in [-0.39, 0.29) is 23.0 Å². The molecular weight excluding hydrogens is 309 g/mol. The molecule has 0 fully saturated rings. The summed E-state index contributed by atoms with van der Waals surface area (Å²) < 4.78 is 23.4. The van der Waals surface area contributed by atoms with Gasteiger partial charge in [-0.05, 0) is 30.3 Å². The van der Waals surface area contributed by atoms with Crippen molar-refractivity contribution in [3.63, 3.8) is 0 Å². The van der Waals surface area contributed by atoms with Crippen LogP contribution >= 0.6 is 11.6 Å². The third-order valence-corrected chi connectivity index (χ3v) is 3.42. The molecule has 2 aromatic rings. The molecule has 2 aromatic carbocycles. The average Bonchev–Trinajstić information content (AvgIpc) is 2.52. The lowest BCUT2D eigenvalue weighted by Crippen LogP contribution is -2.23. The first-order valence-corrected chi connectivity index (χ1v) is 6.87. The summed E-state index contributed by atoms with van der Waals surface area (Å²) in [5.74, 6) is 0.389. The van der Waals surface area contributed by atoms with E-state index in [0.717, 1.165) is 11.6 Å². The Bertz CT molecular complexity index is 691. The number of amides is 1. The van der Waals surface area contributed by atoms with Crippen molar-refractivity contribution in [2.45, 2.75) is 6.54 Å². The second kappa shape index (κ2) is 7.13. The molecule has 0 aliphatic carbocycles. The number of ether oxygens (including phenoxy) is 2. The van der Waals surface area contributed by atoms with E-state index >= 15 is 0 Å². The minimum Gasteiger partial charge on any atom is -0.497 e. The van der Waals surface area contributed by atoms with Gasteiger partial charge in [-0.2, -0.15) is 0 Å². The molecule has 4 nitrogen and oxygen atoms in total. The SMILES string of the molecule is COc1ccc(CNC(=O)c2ccc(F)cc2Cl)c(OC)c1. The zero-order valence-corrected chi connectivity index (χ0v) is 12.9. The van der Waals surface area contributed by atoms with Crippen LogP contribution in [0, 0.1) is 5.82 Å². The van der Waals surface area contributed by atoms with Crippen molar-refractivity contribution in [3.05, 3.63) is 58.4 Å². The first kappa shape index (κ1) is 16.1. The Labute approximate surface area is 132 Å². The van der Waals surface area contributed by atoms with Gasteiger partial charge >= 0.3 is 0 Å². The fraction of sp³-hybridized carbons (Fsp3) is 0.188. The molecule has 0 bridgehead atoms. The Kier molecular flexibility index (Phi) is 5.22. The minimum absolute atomic E-state index is 0.0687. The Morgan fingerprint density at radius 1 is 1.18 bits per heavy atom. The Morgan fingerprint density at radius 3 is 2.59 bits per heavy atom. The summed E-state index contributed by atoms with van der Waals surface area (Å²) in [5.41, 5.74) is 1.01. The molecule has 0 aromatic heterocycles. The molecule has 22 heavy (non-hydrogen) atoms. The molecule has 0 radical (unpaired) electrons. The summed E-state index contributed by atoms with van der Waals surface area (Å²) >= 11 is 5.86. The Balaban J connectivity index is 2.11. The van der Waals surface area contributed by atoms with Crippen molar-refractivity contribution in [1.82, 2.24) is 5.32 Å². The monoisotopic (exact) mass is 323 g/mol. The van der Waals surface area contributed by atoms with E-state index in [1.807, 2.05) is 0 Å². The molecule has 0 unspecified atom stereocenters. The van der Waals surface area contributed by atoms with Crippen molar-refractivity contribution >= 4 is 17.5 Å². The molecule has 116 valence electrons. The van der Waals surface area contributed by atoms with Crippen molar-refractivity contribution in [2.24, 2.45) is 0 Å². The predicted octanol–water partition coefficient (Wildman–Crippen LogP) is 3.43. The van der Waals surface area contributed by atoms with Gasteiger partial charge in [-0.1, -0.05) is 11.6 Å². The fourth-order valence-corrected chi connectivity index (χ4v) is 2.20. The van der Waals surface area contributed by atoms with Gasteiger partial charge < -0.3 is 14.8 Å². The smallest absolute Gasteiger partial charge is 0.253 e. The van der Waals surface area contributed by atoms with E-state index in [9.17, 15) is 9.18 Å². The first-order valence-electron chi connectivity index (χ1n) is 6.49. The van der Waals surface area contributed by atoms with Crippen LogP contribution in [-0.2, 0) is 6.54 Å². The van der Waals surface area contributed by atoms with Gasteiger partial charge in [-0.15, -0.1) is 0 Å². The summed E-state index contributed by atoms with van der Waals surface area (Å²) in [7, 11) is 3.10. The van der Waals surface area contributed by atoms with Crippen LogP contribution in [0.15, 0.2) is 36.4 Å². The second-order valence-corrected chi connectivity index (χ2v) is 4.89. The summed E-state index contributed by atoms with van der Waals surface area (Å²) in [5, 5.41) is 2.79. The lowest BCUT2D eigenvalue weighted by atomic mass is 10.1. The van der Waals surface area contributed by atoms with Gasteiger partial charge in [0.1, 0.15) is 17.3 Å². The maximum absolute atomic E-state index is 13.0. The number of carbonyl (C=O) groups is 1. The zero-order valence-electron chi connectivity index (χ0n) is 12.2. The van der Waals surface area contributed by atoms with Crippen LogP contribution in [0.3, 0.4) is 0 Å². The van der Waals surface area contributed by atoms with E-state index < -0.39 is 5.82 Å². The highest BCUT2D eigenvalue weighted by atomic mass is 35.5. The van der Waals surface area contributed by atoms with Crippen molar-refractivity contribution in [2.75, 3.05) is 14.2 Å². The molecule has 0 atom stereocenters. The number of halogens is 2. The minimum atomic E-state index is -0.488. The van der Waals surface area contributed by atoms with Gasteiger partial charge in [-0.3, -0.25) is 4.79 Å². The molecule has 0 heterocycles. The first-order chi connectivity index (χ1) is 10.5. The molecule has 2 rings (SSSR count). The van der Waals surface area contributed by atoms with Crippen LogP contribution in [0.1, 0.15) is 15.9 Å². The van der Waals surface area contributed by atoms with E-state index in [0.29, 0.717) is 11.5 Å². The molecule has 0 spiro atoms. The number of benzene rings is 2. The van der Waals surface area contributed by atoms with Crippen molar-refractivity contribution < 1.29 is 18.7 Å². The van der Waals surface area contributed by atoms with Crippen LogP contribution in [-0.4, -0.2) is 20.1 Å². The Morgan fingerprint density at radius 2 is 1.95 bits per heavy atom. The predicted molar refractivity (Wildman–Crippen MR) is 82.1 cm³/mol. The molecule has 0 aliphatic heterocycles. The average molecular weight is 324 g/mol. The Hall–Kier alpha value is -2.27. The fourth-order valence-electron chi connectivity index (χ4n) is 1.94. The van der Waals surface area contributed by atoms with E-state index in [4.69, 9.17) is 21.1 Å². The second-order valence-electron chi connectivity index (χ2n) is 4.48. The molecule has 0 saturated carbocycles. The maximum atomic E-state index is 13.0. The highest BCUT2D eigenvalue weighted by molar-refractivity contribution is 6.33. The van der Waals surface area contributed by atoms with Crippen LogP contribution in [0.5, 0.6) is 11.5 Å². The van der Waals surface area contributed by atoms with Crippen molar-refractivity contribution in [3.8, 4) is 11.5 Å².